The second-order valence-electron chi connectivity index (χ2n) is 5.08. The van der Waals surface area contributed by atoms with Crippen molar-refractivity contribution in [2.24, 2.45) is 5.92 Å². The fourth-order valence-corrected chi connectivity index (χ4v) is 2.47. The molecular weight excluding hydrogens is 264 g/mol. The quantitative estimate of drug-likeness (QED) is 0.775. The largest absolute Gasteiger partial charge is 0.474 e. The molecule has 5 heteroatoms. The van der Waals surface area contributed by atoms with Gasteiger partial charge in [-0.05, 0) is 38.5 Å². The Bertz CT molecular complexity index is 406. The Morgan fingerprint density at radius 3 is 2.68 bits per heavy atom. The summed E-state index contributed by atoms with van der Waals surface area (Å²) in [6, 6.07) is 1.68. The monoisotopic (exact) mass is 284 g/mol. The average Bonchev–Trinajstić information content (AvgIpc) is 2.38. The molecule has 0 aliphatic heterocycles. The number of nitrogens with zero attached hydrogens (tertiary/aromatic N) is 2. The van der Waals surface area contributed by atoms with Gasteiger partial charge in [0.1, 0.15) is 17.9 Å². The van der Waals surface area contributed by atoms with E-state index in [-0.39, 0.29) is 6.10 Å². The average molecular weight is 285 g/mol. The first kappa shape index (κ1) is 14.5. The molecule has 0 spiro atoms. The molecule has 0 atom stereocenters. The van der Waals surface area contributed by atoms with Crippen LogP contribution in [-0.2, 0) is 11.3 Å². The van der Waals surface area contributed by atoms with Gasteiger partial charge in [-0.1, -0.05) is 18.5 Å². The van der Waals surface area contributed by atoms with E-state index >= 15 is 0 Å². The molecule has 1 saturated carbocycles. The van der Waals surface area contributed by atoms with Gasteiger partial charge in [-0.25, -0.2) is 4.98 Å². The topological polar surface area (TPSA) is 44.2 Å². The van der Waals surface area contributed by atoms with Crippen molar-refractivity contribution in [2.45, 2.75) is 52.2 Å². The minimum absolute atomic E-state index is 0.252. The molecule has 0 unspecified atom stereocenters. The molecule has 0 saturated heterocycles. The Kier molecular flexibility index (Phi) is 5.40. The van der Waals surface area contributed by atoms with E-state index in [0.717, 1.165) is 18.8 Å². The summed E-state index contributed by atoms with van der Waals surface area (Å²) in [4.78, 5) is 8.47. The molecule has 1 aliphatic rings. The van der Waals surface area contributed by atoms with E-state index in [1.54, 1.807) is 6.07 Å². The molecule has 0 bridgehead atoms. The number of rotatable bonds is 5. The molecule has 0 aromatic carbocycles. The van der Waals surface area contributed by atoms with Gasteiger partial charge in [-0.15, -0.1) is 0 Å². The van der Waals surface area contributed by atoms with Crippen LogP contribution in [0.1, 0.15) is 45.4 Å². The molecule has 19 heavy (non-hydrogen) atoms. The Morgan fingerprint density at radius 1 is 1.26 bits per heavy atom. The highest BCUT2D eigenvalue weighted by Gasteiger charge is 2.20. The lowest BCUT2D eigenvalue weighted by molar-refractivity contribution is 0.118. The van der Waals surface area contributed by atoms with E-state index in [1.165, 1.54) is 12.8 Å². The number of ether oxygens (including phenoxy) is 2. The predicted octanol–water partition coefficient (Wildman–Crippen LogP) is 3.62. The lowest BCUT2D eigenvalue weighted by Crippen LogP contribution is -2.23. The Morgan fingerprint density at radius 2 is 2.00 bits per heavy atom. The van der Waals surface area contributed by atoms with Crippen LogP contribution in [0.4, 0.5) is 0 Å². The molecule has 4 nitrogen and oxygen atoms in total. The maximum Gasteiger partial charge on any atom is 0.218 e. The van der Waals surface area contributed by atoms with Gasteiger partial charge in [-0.2, -0.15) is 4.98 Å². The first-order valence-electron chi connectivity index (χ1n) is 6.95. The van der Waals surface area contributed by atoms with Gasteiger partial charge in [0, 0.05) is 12.7 Å². The summed E-state index contributed by atoms with van der Waals surface area (Å²) >= 11 is 5.98. The Hall–Kier alpha value is -0.870. The van der Waals surface area contributed by atoms with Gasteiger partial charge in [0.2, 0.25) is 5.88 Å². The smallest absolute Gasteiger partial charge is 0.218 e. The van der Waals surface area contributed by atoms with E-state index in [0.29, 0.717) is 30.1 Å². The van der Waals surface area contributed by atoms with Gasteiger partial charge in [0.25, 0.3) is 0 Å². The van der Waals surface area contributed by atoms with Crippen LogP contribution in [0.15, 0.2) is 6.07 Å². The van der Waals surface area contributed by atoms with Crippen LogP contribution in [0.5, 0.6) is 5.88 Å². The summed E-state index contributed by atoms with van der Waals surface area (Å²) in [5.74, 6) is 1.95. The van der Waals surface area contributed by atoms with Crippen molar-refractivity contribution in [1.29, 1.82) is 0 Å². The van der Waals surface area contributed by atoms with Gasteiger partial charge < -0.3 is 9.47 Å². The van der Waals surface area contributed by atoms with Crippen LogP contribution in [0.3, 0.4) is 0 Å². The van der Waals surface area contributed by atoms with Crippen LogP contribution >= 0.6 is 11.6 Å². The fraction of sp³-hybridized carbons (Fsp3) is 0.714. The van der Waals surface area contributed by atoms with E-state index in [1.807, 2.05) is 6.92 Å². The SMILES string of the molecule is CCOCc1nc(Cl)cc(OC2CCC(C)CC2)n1. The maximum absolute atomic E-state index is 5.98. The second kappa shape index (κ2) is 7.06. The molecule has 106 valence electrons. The molecule has 1 fully saturated rings. The highest BCUT2D eigenvalue weighted by molar-refractivity contribution is 6.29. The standard InChI is InChI=1S/C14H21ClN2O2/c1-3-18-9-13-16-12(15)8-14(17-13)19-11-6-4-10(2)5-7-11/h8,10-11H,3-7,9H2,1-2H3. The van der Waals surface area contributed by atoms with Crippen LogP contribution in [0.2, 0.25) is 5.15 Å². The molecule has 2 rings (SSSR count). The third-order valence-electron chi connectivity index (χ3n) is 3.40. The van der Waals surface area contributed by atoms with E-state index in [4.69, 9.17) is 21.1 Å². The molecule has 0 amide bonds. The van der Waals surface area contributed by atoms with Crippen LogP contribution in [0, 0.1) is 5.92 Å². The summed E-state index contributed by atoms with van der Waals surface area (Å²) in [6.45, 7) is 5.23. The number of hydrogen-bond donors (Lipinski definition) is 0. The highest BCUT2D eigenvalue weighted by Crippen LogP contribution is 2.27. The number of aromatic nitrogens is 2. The third-order valence-corrected chi connectivity index (χ3v) is 3.60. The predicted molar refractivity (Wildman–Crippen MR) is 74.4 cm³/mol. The lowest BCUT2D eigenvalue weighted by Gasteiger charge is -2.26. The van der Waals surface area contributed by atoms with Crippen molar-refractivity contribution in [1.82, 2.24) is 9.97 Å². The Balaban J connectivity index is 1.97. The van der Waals surface area contributed by atoms with E-state index in [2.05, 4.69) is 16.9 Å². The summed E-state index contributed by atoms with van der Waals surface area (Å²) < 4.78 is 11.2. The molecule has 1 aromatic heterocycles. The Labute approximate surface area is 119 Å². The zero-order chi connectivity index (χ0) is 13.7. The minimum Gasteiger partial charge on any atom is -0.474 e. The third kappa shape index (κ3) is 4.62. The molecule has 1 aliphatic carbocycles. The van der Waals surface area contributed by atoms with Gasteiger partial charge in [0.05, 0.1) is 0 Å². The molecule has 0 radical (unpaired) electrons. The number of halogens is 1. The highest BCUT2D eigenvalue weighted by atomic mass is 35.5. The normalized spacial score (nSPS) is 23.3. The maximum atomic E-state index is 5.98. The number of hydrogen-bond acceptors (Lipinski definition) is 4. The van der Waals surface area contributed by atoms with Gasteiger partial charge in [-0.3, -0.25) is 0 Å². The zero-order valence-corrected chi connectivity index (χ0v) is 12.3. The molecule has 1 aromatic rings. The van der Waals surface area contributed by atoms with Crippen LogP contribution < -0.4 is 4.74 Å². The van der Waals surface area contributed by atoms with E-state index < -0.39 is 0 Å². The van der Waals surface area contributed by atoms with Crippen LogP contribution in [0.25, 0.3) is 0 Å². The van der Waals surface area contributed by atoms with Crippen molar-refractivity contribution in [3.05, 3.63) is 17.0 Å². The van der Waals surface area contributed by atoms with Crippen molar-refractivity contribution < 1.29 is 9.47 Å². The minimum atomic E-state index is 0.252. The summed E-state index contributed by atoms with van der Waals surface area (Å²) in [5, 5.41) is 0.406. The first-order valence-corrected chi connectivity index (χ1v) is 7.33. The van der Waals surface area contributed by atoms with E-state index in [9.17, 15) is 0 Å². The fourth-order valence-electron chi connectivity index (χ4n) is 2.28. The lowest BCUT2D eigenvalue weighted by atomic mass is 9.89. The summed E-state index contributed by atoms with van der Waals surface area (Å²) in [6.07, 6.45) is 4.86. The summed E-state index contributed by atoms with van der Waals surface area (Å²) in [7, 11) is 0. The van der Waals surface area contributed by atoms with Crippen LogP contribution in [-0.4, -0.2) is 22.7 Å². The van der Waals surface area contributed by atoms with Gasteiger partial charge in [0.15, 0.2) is 5.82 Å². The van der Waals surface area contributed by atoms with Crippen molar-refractivity contribution in [3.8, 4) is 5.88 Å². The van der Waals surface area contributed by atoms with Crippen molar-refractivity contribution >= 4 is 11.6 Å². The zero-order valence-electron chi connectivity index (χ0n) is 11.6. The molecular formula is C14H21ClN2O2. The van der Waals surface area contributed by atoms with Crippen molar-refractivity contribution in [3.63, 3.8) is 0 Å². The molecule has 0 N–H and O–H groups in total. The first-order chi connectivity index (χ1) is 9.17. The summed E-state index contributed by atoms with van der Waals surface area (Å²) in [5.41, 5.74) is 0. The van der Waals surface area contributed by atoms with Gasteiger partial charge >= 0.3 is 0 Å². The van der Waals surface area contributed by atoms with Crippen molar-refractivity contribution in [2.75, 3.05) is 6.61 Å². The molecule has 1 heterocycles. The second-order valence-corrected chi connectivity index (χ2v) is 5.47.